The molecule has 0 radical (unpaired) electrons. The predicted octanol–water partition coefficient (Wildman–Crippen LogP) is 2.50. The van der Waals surface area contributed by atoms with Crippen LogP contribution >= 0.6 is 0 Å². The van der Waals surface area contributed by atoms with Crippen LogP contribution in [0.3, 0.4) is 0 Å². The summed E-state index contributed by atoms with van der Waals surface area (Å²) >= 11 is 0. The van der Waals surface area contributed by atoms with Gasteiger partial charge in [0.25, 0.3) is 5.91 Å². The molecular weight excluding hydrogens is 350 g/mol. The highest BCUT2D eigenvalue weighted by Crippen LogP contribution is 2.26. The molecule has 1 amide bonds. The molecule has 7 heteroatoms. The molecule has 1 aliphatic heterocycles. The first-order valence-corrected chi connectivity index (χ1v) is 9.55. The molecule has 0 aromatic heterocycles. The first-order valence-electron chi connectivity index (χ1n) is 9.55. The number of ether oxygens (including phenoxy) is 2. The van der Waals surface area contributed by atoms with E-state index in [9.17, 15) is 19.2 Å². The molecule has 0 N–H and O–H groups in total. The topological polar surface area (TPSA) is 90.0 Å². The van der Waals surface area contributed by atoms with E-state index in [1.165, 1.54) is 4.90 Å². The highest BCUT2D eigenvalue weighted by molar-refractivity contribution is 6.37. The van der Waals surface area contributed by atoms with Crippen molar-refractivity contribution in [3.05, 3.63) is 0 Å². The quantitative estimate of drug-likeness (QED) is 0.398. The summed E-state index contributed by atoms with van der Waals surface area (Å²) in [6.45, 7) is 12.8. The number of ketones is 1. The number of Topliss-reactive ketones (excluding diaryl/α,β-unsaturated/α-hetero) is 1. The summed E-state index contributed by atoms with van der Waals surface area (Å²) in [6, 6.07) is 0. The van der Waals surface area contributed by atoms with Crippen LogP contribution in [0, 0.1) is 11.8 Å². The van der Waals surface area contributed by atoms with Crippen molar-refractivity contribution in [1.29, 1.82) is 0 Å². The Balaban J connectivity index is 3.15. The van der Waals surface area contributed by atoms with Crippen LogP contribution in [-0.4, -0.2) is 52.8 Å². The second kappa shape index (κ2) is 8.85. The lowest BCUT2D eigenvalue weighted by Gasteiger charge is -2.29. The number of rotatable bonds is 6. The summed E-state index contributed by atoms with van der Waals surface area (Å²) < 4.78 is 10.7. The molecule has 7 nitrogen and oxygen atoms in total. The number of likely N-dealkylation sites (tertiary alicyclic amines) is 1. The number of hydrogen-bond acceptors (Lipinski definition) is 6. The third kappa shape index (κ3) is 6.96. The Kier molecular flexibility index (Phi) is 7.57. The maximum atomic E-state index is 12.8. The largest absolute Gasteiger partial charge is 0.459 e. The molecule has 0 saturated carbocycles. The lowest BCUT2D eigenvalue weighted by Crippen LogP contribution is -2.46. The highest BCUT2D eigenvalue weighted by atomic mass is 16.6. The summed E-state index contributed by atoms with van der Waals surface area (Å²) in [4.78, 5) is 52.3. The molecule has 154 valence electrons. The fourth-order valence-electron chi connectivity index (χ4n) is 2.96. The van der Waals surface area contributed by atoms with Gasteiger partial charge in [0.15, 0.2) is 5.92 Å². The van der Waals surface area contributed by atoms with E-state index < -0.39 is 46.7 Å². The minimum atomic E-state index is -1.47. The zero-order valence-corrected chi connectivity index (χ0v) is 17.6. The van der Waals surface area contributed by atoms with Gasteiger partial charge in [-0.05, 0) is 60.8 Å². The minimum Gasteiger partial charge on any atom is -0.459 e. The van der Waals surface area contributed by atoms with Gasteiger partial charge in [0.1, 0.15) is 11.2 Å². The Morgan fingerprint density at radius 3 is 1.59 bits per heavy atom. The summed E-state index contributed by atoms with van der Waals surface area (Å²) in [7, 11) is 0. The summed E-state index contributed by atoms with van der Waals surface area (Å²) in [5.74, 6) is -5.63. The third-order valence-corrected chi connectivity index (χ3v) is 4.10. The average Bonchev–Trinajstić information content (AvgIpc) is 3.01. The van der Waals surface area contributed by atoms with Crippen LogP contribution in [0.2, 0.25) is 0 Å². The van der Waals surface area contributed by atoms with Crippen LogP contribution in [0.4, 0.5) is 0 Å². The standard InChI is InChI=1S/C20H33NO6/c1-8-13(15(22)16(23)21-11-9-10-12-21)14(17(24)26-19(2,3)4)18(25)27-20(5,6)7/h13-14H,8-12H2,1-7H3/t13-/m1/s1. The molecule has 1 fully saturated rings. The van der Waals surface area contributed by atoms with Gasteiger partial charge in [0, 0.05) is 13.1 Å². The molecule has 27 heavy (non-hydrogen) atoms. The Bertz CT molecular complexity index is 550. The number of carbonyl (C=O) groups is 4. The smallest absolute Gasteiger partial charge is 0.321 e. The summed E-state index contributed by atoms with van der Waals surface area (Å²) in [6.07, 6.45) is 1.84. The van der Waals surface area contributed by atoms with Gasteiger partial charge in [-0.3, -0.25) is 19.2 Å². The van der Waals surface area contributed by atoms with E-state index in [0.717, 1.165) is 12.8 Å². The molecule has 0 bridgehead atoms. The monoisotopic (exact) mass is 383 g/mol. The molecular formula is C20H33NO6. The van der Waals surface area contributed by atoms with Crippen molar-refractivity contribution in [2.45, 2.75) is 78.9 Å². The molecule has 1 atom stereocenters. The Hall–Kier alpha value is -1.92. The molecule has 1 heterocycles. The van der Waals surface area contributed by atoms with Crippen LogP contribution < -0.4 is 0 Å². The fourth-order valence-corrected chi connectivity index (χ4v) is 2.96. The second-order valence-electron chi connectivity index (χ2n) is 8.92. The van der Waals surface area contributed by atoms with E-state index in [0.29, 0.717) is 13.1 Å². The molecule has 1 aliphatic rings. The lowest BCUT2D eigenvalue weighted by molar-refractivity contribution is -0.179. The predicted molar refractivity (Wildman–Crippen MR) is 99.8 cm³/mol. The van der Waals surface area contributed by atoms with Gasteiger partial charge in [-0.15, -0.1) is 0 Å². The molecule has 0 spiro atoms. The number of nitrogens with zero attached hydrogens (tertiary/aromatic N) is 1. The van der Waals surface area contributed by atoms with Gasteiger partial charge < -0.3 is 14.4 Å². The van der Waals surface area contributed by atoms with E-state index in [2.05, 4.69) is 0 Å². The van der Waals surface area contributed by atoms with Crippen LogP contribution in [0.25, 0.3) is 0 Å². The third-order valence-electron chi connectivity index (χ3n) is 4.10. The van der Waals surface area contributed by atoms with Crippen molar-refractivity contribution >= 4 is 23.6 Å². The zero-order valence-electron chi connectivity index (χ0n) is 17.6. The Labute approximate surface area is 161 Å². The zero-order chi connectivity index (χ0) is 21.0. The van der Waals surface area contributed by atoms with Crippen molar-refractivity contribution in [2.24, 2.45) is 11.8 Å². The van der Waals surface area contributed by atoms with Crippen molar-refractivity contribution in [2.75, 3.05) is 13.1 Å². The fraction of sp³-hybridized carbons (Fsp3) is 0.800. The van der Waals surface area contributed by atoms with E-state index in [4.69, 9.17) is 9.47 Å². The van der Waals surface area contributed by atoms with Gasteiger partial charge in [-0.25, -0.2) is 0 Å². The first-order chi connectivity index (χ1) is 12.3. The average molecular weight is 383 g/mol. The first kappa shape index (κ1) is 23.1. The minimum absolute atomic E-state index is 0.154. The van der Waals surface area contributed by atoms with Crippen molar-refractivity contribution in [1.82, 2.24) is 4.90 Å². The van der Waals surface area contributed by atoms with Gasteiger partial charge in [-0.2, -0.15) is 0 Å². The van der Waals surface area contributed by atoms with Crippen LogP contribution in [0.15, 0.2) is 0 Å². The molecule has 0 aromatic rings. The van der Waals surface area contributed by atoms with Crippen molar-refractivity contribution in [3.63, 3.8) is 0 Å². The number of hydrogen-bond donors (Lipinski definition) is 0. The highest BCUT2D eigenvalue weighted by Gasteiger charge is 2.45. The maximum absolute atomic E-state index is 12.8. The van der Waals surface area contributed by atoms with Crippen molar-refractivity contribution < 1.29 is 28.7 Å². The van der Waals surface area contributed by atoms with Gasteiger partial charge >= 0.3 is 11.9 Å². The van der Waals surface area contributed by atoms with E-state index in [1.807, 2.05) is 0 Å². The number of amides is 1. The number of esters is 2. The van der Waals surface area contributed by atoms with Crippen molar-refractivity contribution in [3.8, 4) is 0 Å². The molecule has 1 rings (SSSR count). The maximum Gasteiger partial charge on any atom is 0.321 e. The lowest BCUT2D eigenvalue weighted by atomic mass is 9.85. The van der Waals surface area contributed by atoms with Crippen LogP contribution in [0.5, 0.6) is 0 Å². The van der Waals surface area contributed by atoms with E-state index >= 15 is 0 Å². The summed E-state index contributed by atoms with van der Waals surface area (Å²) in [5.41, 5.74) is -1.67. The SMILES string of the molecule is CC[C@@H](C(=O)C(=O)N1CCCC1)C(C(=O)OC(C)(C)C)C(=O)OC(C)(C)C. The van der Waals surface area contributed by atoms with E-state index in [1.54, 1.807) is 48.5 Å². The Morgan fingerprint density at radius 2 is 1.26 bits per heavy atom. The molecule has 0 unspecified atom stereocenters. The molecule has 0 aromatic carbocycles. The van der Waals surface area contributed by atoms with Gasteiger partial charge in [0.05, 0.1) is 5.92 Å². The van der Waals surface area contributed by atoms with E-state index in [-0.39, 0.29) is 6.42 Å². The molecule has 0 aliphatic carbocycles. The van der Waals surface area contributed by atoms with Crippen LogP contribution in [0.1, 0.15) is 67.7 Å². The van der Waals surface area contributed by atoms with Gasteiger partial charge in [0.2, 0.25) is 5.78 Å². The normalized spacial score (nSPS) is 16.2. The summed E-state index contributed by atoms with van der Waals surface area (Å²) in [5, 5.41) is 0. The van der Waals surface area contributed by atoms with Gasteiger partial charge in [-0.1, -0.05) is 6.92 Å². The second-order valence-corrected chi connectivity index (χ2v) is 8.92. The number of carbonyl (C=O) groups excluding carboxylic acids is 4. The Morgan fingerprint density at radius 1 is 0.852 bits per heavy atom. The molecule has 1 saturated heterocycles. The van der Waals surface area contributed by atoms with Crippen LogP contribution in [-0.2, 0) is 28.7 Å².